The van der Waals surface area contributed by atoms with Crippen molar-refractivity contribution in [3.63, 3.8) is 0 Å². The number of carbonyl (C=O) groups excluding carboxylic acids is 1. The molecule has 1 aromatic carbocycles. The first-order valence-electron chi connectivity index (χ1n) is 5.68. The Labute approximate surface area is 121 Å². The highest BCUT2D eigenvalue weighted by molar-refractivity contribution is 8.21. The maximum Gasteiger partial charge on any atom is 0.187 e. The van der Waals surface area contributed by atoms with Crippen LogP contribution in [0, 0.1) is 0 Å². The molecule has 0 radical (unpaired) electrons. The lowest BCUT2D eigenvalue weighted by atomic mass is 10.1. The molecular formula is C14H14N2OS2. The largest absolute Gasteiger partial charge is 0.289 e. The van der Waals surface area contributed by atoms with E-state index in [0.717, 1.165) is 9.92 Å². The van der Waals surface area contributed by atoms with Crippen LogP contribution in [-0.2, 0) is 0 Å². The number of hydrogen-bond donors (Lipinski definition) is 0. The zero-order valence-corrected chi connectivity index (χ0v) is 12.4. The lowest BCUT2D eigenvalue weighted by molar-refractivity contribution is 0.104. The second-order valence-corrected chi connectivity index (χ2v) is 5.69. The third kappa shape index (κ3) is 3.52. The standard InChI is InChI=1S/C14H14N2OS2/c1-18-14(19-2)10-13(17)11-4-6-12(7-5-11)16-9-3-8-15-16/h3-10H,1-2H3. The van der Waals surface area contributed by atoms with Gasteiger partial charge in [-0.2, -0.15) is 5.10 Å². The SMILES string of the molecule is CSC(=CC(=O)c1ccc(-n2cccn2)cc1)SC. The van der Waals surface area contributed by atoms with E-state index in [1.54, 1.807) is 40.5 Å². The Kier molecular flexibility index (Phi) is 4.87. The van der Waals surface area contributed by atoms with E-state index >= 15 is 0 Å². The Hall–Kier alpha value is -1.46. The van der Waals surface area contributed by atoms with E-state index in [1.165, 1.54) is 0 Å². The zero-order valence-electron chi connectivity index (χ0n) is 10.7. The highest BCUT2D eigenvalue weighted by Crippen LogP contribution is 2.24. The summed E-state index contributed by atoms with van der Waals surface area (Å²) < 4.78 is 2.78. The summed E-state index contributed by atoms with van der Waals surface area (Å²) in [6.45, 7) is 0. The van der Waals surface area contributed by atoms with Crippen molar-refractivity contribution < 1.29 is 4.79 Å². The van der Waals surface area contributed by atoms with Crippen LogP contribution in [0.15, 0.2) is 53.0 Å². The van der Waals surface area contributed by atoms with Crippen LogP contribution in [0.1, 0.15) is 10.4 Å². The maximum absolute atomic E-state index is 12.0. The molecular weight excluding hydrogens is 276 g/mol. The van der Waals surface area contributed by atoms with Crippen molar-refractivity contribution in [2.45, 2.75) is 0 Å². The second kappa shape index (κ2) is 6.63. The Morgan fingerprint density at radius 2 is 1.89 bits per heavy atom. The van der Waals surface area contributed by atoms with Gasteiger partial charge >= 0.3 is 0 Å². The van der Waals surface area contributed by atoms with Crippen LogP contribution in [0.25, 0.3) is 5.69 Å². The van der Waals surface area contributed by atoms with Crippen LogP contribution in [-0.4, -0.2) is 28.1 Å². The normalized spacial score (nSPS) is 10.2. The van der Waals surface area contributed by atoms with Crippen molar-refractivity contribution in [3.8, 4) is 5.69 Å². The third-order valence-corrected chi connectivity index (χ3v) is 4.61. The van der Waals surface area contributed by atoms with E-state index < -0.39 is 0 Å². The molecule has 0 aliphatic heterocycles. The molecule has 2 rings (SSSR count). The number of carbonyl (C=O) groups is 1. The van der Waals surface area contributed by atoms with Crippen LogP contribution >= 0.6 is 23.5 Å². The quantitative estimate of drug-likeness (QED) is 0.622. The molecule has 0 N–H and O–H groups in total. The van der Waals surface area contributed by atoms with Crippen molar-refractivity contribution in [3.05, 3.63) is 58.6 Å². The topological polar surface area (TPSA) is 34.9 Å². The molecule has 0 saturated heterocycles. The van der Waals surface area contributed by atoms with Crippen molar-refractivity contribution in [1.29, 1.82) is 0 Å². The molecule has 1 heterocycles. The van der Waals surface area contributed by atoms with Crippen LogP contribution in [0.5, 0.6) is 0 Å². The maximum atomic E-state index is 12.0. The zero-order chi connectivity index (χ0) is 13.7. The van der Waals surface area contributed by atoms with E-state index in [0.29, 0.717) is 5.56 Å². The molecule has 0 atom stereocenters. The summed E-state index contributed by atoms with van der Waals surface area (Å²) in [5.41, 5.74) is 1.64. The number of aromatic nitrogens is 2. The third-order valence-electron chi connectivity index (χ3n) is 2.57. The van der Waals surface area contributed by atoms with Gasteiger partial charge < -0.3 is 0 Å². The lowest BCUT2D eigenvalue weighted by Crippen LogP contribution is -1.98. The molecule has 19 heavy (non-hydrogen) atoms. The van der Waals surface area contributed by atoms with E-state index in [1.807, 2.05) is 49.0 Å². The number of thioether (sulfide) groups is 2. The van der Waals surface area contributed by atoms with Crippen LogP contribution in [0.2, 0.25) is 0 Å². The first-order valence-corrected chi connectivity index (χ1v) is 8.13. The monoisotopic (exact) mass is 290 g/mol. The Morgan fingerprint density at radius 3 is 2.42 bits per heavy atom. The average Bonchev–Trinajstić information content (AvgIpc) is 2.99. The summed E-state index contributed by atoms with van der Waals surface area (Å²) in [5, 5.41) is 4.15. The number of nitrogens with zero attached hydrogens (tertiary/aromatic N) is 2. The molecule has 98 valence electrons. The smallest absolute Gasteiger partial charge is 0.187 e. The van der Waals surface area contributed by atoms with Crippen LogP contribution in [0.3, 0.4) is 0 Å². The average molecular weight is 290 g/mol. The number of ketones is 1. The summed E-state index contributed by atoms with van der Waals surface area (Å²) >= 11 is 3.17. The summed E-state index contributed by atoms with van der Waals surface area (Å²) in [5.74, 6) is 0.0331. The minimum atomic E-state index is 0.0331. The molecule has 2 aromatic rings. The molecule has 0 saturated carbocycles. The van der Waals surface area contributed by atoms with Gasteiger partial charge in [0, 0.05) is 28.3 Å². The number of hydrogen-bond acceptors (Lipinski definition) is 4. The summed E-state index contributed by atoms with van der Waals surface area (Å²) in [7, 11) is 0. The minimum Gasteiger partial charge on any atom is -0.289 e. The highest BCUT2D eigenvalue weighted by Gasteiger charge is 2.05. The van der Waals surface area contributed by atoms with Crippen molar-refractivity contribution in [2.75, 3.05) is 12.5 Å². The summed E-state index contributed by atoms with van der Waals surface area (Å²) in [6, 6.07) is 9.31. The molecule has 0 unspecified atom stereocenters. The molecule has 5 heteroatoms. The summed E-state index contributed by atoms with van der Waals surface area (Å²) in [6.07, 6.45) is 9.21. The molecule has 3 nitrogen and oxygen atoms in total. The Balaban J connectivity index is 2.19. The van der Waals surface area contributed by atoms with E-state index in [4.69, 9.17) is 0 Å². The predicted octanol–water partition coefficient (Wildman–Crippen LogP) is 3.62. The van der Waals surface area contributed by atoms with Crippen LogP contribution in [0.4, 0.5) is 0 Å². The highest BCUT2D eigenvalue weighted by atomic mass is 32.2. The first-order chi connectivity index (χ1) is 9.24. The number of rotatable bonds is 5. The van der Waals surface area contributed by atoms with Gasteiger partial charge in [-0.3, -0.25) is 4.79 Å². The van der Waals surface area contributed by atoms with Gasteiger partial charge in [0.15, 0.2) is 5.78 Å². The van der Waals surface area contributed by atoms with Crippen molar-refractivity contribution >= 4 is 29.3 Å². The van der Waals surface area contributed by atoms with E-state index in [9.17, 15) is 4.79 Å². The molecule has 1 aromatic heterocycles. The molecule has 0 bridgehead atoms. The molecule has 0 fully saturated rings. The van der Waals surface area contributed by atoms with Gasteiger partial charge in [-0.15, -0.1) is 23.5 Å². The van der Waals surface area contributed by atoms with Gasteiger partial charge in [-0.25, -0.2) is 4.68 Å². The number of allylic oxidation sites excluding steroid dienone is 1. The minimum absolute atomic E-state index is 0.0331. The summed E-state index contributed by atoms with van der Waals surface area (Å²) in [4.78, 5) is 12.0. The Bertz CT molecular complexity index is 568. The molecule has 0 aliphatic carbocycles. The van der Waals surface area contributed by atoms with Crippen LogP contribution < -0.4 is 0 Å². The molecule has 0 spiro atoms. The Morgan fingerprint density at radius 1 is 1.21 bits per heavy atom. The van der Waals surface area contributed by atoms with Crippen molar-refractivity contribution in [2.24, 2.45) is 0 Å². The van der Waals surface area contributed by atoms with Gasteiger partial charge in [0.2, 0.25) is 0 Å². The second-order valence-electron chi connectivity index (χ2n) is 3.73. The lowest BCUT2D eigenvalue weighted by Gasteiger charge is -2.03. The fourth-order valence-corrected chi connectivity index (χ4v) is 2.71. The fourth-order valence-electron chi connectivity index (χ4n) is 1.59. The van der Waals surface area contributed by atoms with E-state index in [-0.39, 0.29) is 5.78 Å². The molecule has 0 aliphatic rings. The van der Waals surface area contributed by atoms with Gasteiger partial charge in [0.25, 0.3) is 0 Å². The van der Waals surface area contributed by atoms with Gasteiger partial charge in [-0.05, 0) is 42.8 Å². The van der Waals surface area contributed by atoms with Crippen molar-refractivity contribution in [1.82, 2.24) is 9.78 Å². The fraction of sp³-hybridized carbons (Fsp3) is 0.143. The van der Waals surface area contributed by atoms with Gasteiger partial charge in [0.1, 0.15) is 0 Å². The van der Waals surface area contributed by atoms with Gasteiger partial charge in [0.05, 0.1) is 5.69 Å². The molecule has 0 amide bonds. The first kappa shape index (κ1) is 14.0. The number of benzene rings is 1. The predicted molar refractivity (Wildman–Crippen MR) is 83.0 cm³/mol. The van der Waals surface area contributed by atoms with Gasteiger partial charge in [-0.1, -0.05) is 0 Å². The van der Waals surface area contributed by atoms with E-state index in [2.05, 4.69) is 5.10 Å².